The molecule has 0 spiro atoms. The predicted octanol–water partition coefficient (Wildman–Crippen LogP) is 2.16. The Balaban J connectivity index is 1.51. The number of likely N-dealkylation sites (tertiary alicyclic amines) is 1. The lowest BCUT2D eigenvalue weighted by atomic mass is 9.95. The quantitative estimate of drug-likeness (QED) is 0.848. The van der Waals surface area contributed by atoms with Crippen molar-refractivity contribution in [2.45, 2.75) is 39.7 Å². The summed E-state index contributed by atoms with van der Waals surface area (Å²) in [7, 11) is 0. The third-order valence-corrected chi connectivity index (χ3v) is 5.34. The number of anilines is 1. The number of rotatable bonds is 4. The number of carbonyl (C=O) groups is 1. The number of piperazine rings is 1. The smallest absolute Gasteiger partial charge is 0.222 e. The van der Waals surface area contributed by atoms with E-state index >= 15 is 0 Å². The maximum Gasteiger partial charge on any atom is 0.222 e. The molecule has 0 aliphatic carbocycles. The monoisotopic (exact) mass is 330 g/mol. The summed E-state index contributed by atoms with van der Waals surface area (Å²) in [6, 6.07) is 4.46. The minimum Gasteiger partial charge on any atom is -0.354 e. The normalized spacial score (nSPS) is 23.2. The lowest BCUT2D eigenvalue weighted by Crippen LogP contribution is -2.51. The molecule has 1 aromatic heterocycles. The Hall–Kier alpha value is -1.62. The van der Waals surface area contributed by atoms with Crippen LogP contribution in [0.15, 0.2) is 18.3 Å². The molecule has 1 amide bonds. The van der Waals surface area contributed by atoms with Crippen molar-refractivity contribution in [3.63, 3.8) is 0 Å². The number of hydrogen-bond acceptors (Lipinski definition) is 4. The van der Waals surface area contributed by atoms with E-state index in [4.69, 9.17) is 0 Å². The van der Waals surface area contributed by atoms with Crippen molar-refractivity contribution < 1.29 is 4.79 Å². The van der Waals surface area contributed by atoms with E-state index in [-0.39, 0.29) is 0 Å². The first-order valence-electron chi connectivity index (χ1n) is 9.23. The lowest BCUT2D eigenvalue weighted by molar-refractivity contribution is -0.136. The van der Waals surface area contributed by atoms with E-state index in [2.05, 4.69) is 46.5 Å². The van der Waals surface area contributed by atoms with Crippen LogP contribution in [0.25, 0.3) is 0 Å². The second kappa shape index (κ2) is 7.51. The van der Waals surface area contributed by atoms with Crippen LogP contribution in [0.1, 0.15) is 32.3 Å². The summed E-state index contributed by atoms with van der Waals surface area (Å²) in [5, 5.41) is 0. The molecular formula is C19H30N4O. The fourth-order valence-electron chi connectivity index (χ4n) is 3.91. The van der Waals surface area contributed by atoms with Crippen molar-refractivity contribution in [2.24, 2.45) is 5.92 Å². The van der Waals surface area contributed by atoms with Gasteiger partial charge in [-0.25, -0.2) is 4.98 Å². The van der Waals surface area contributed by atoms with E-state index in [0.717, 1.165) is 57.9 Å². The van der Waals surface area contributed by atoms with E-state index in [9.17, 15) is 4.79 Å². The molecule has 5 nitrogen and oxygen atoms in total. The van der Waals surface area contributed by atoms with Crippen LogP contribution in [0, 0.1) is 12.8 Å². The van der Waals surface area contributed by atoms with Crippen LogP contribution in [-0.2, 0) is 4.79 Å². The molecule has 1 aromatic rings. The van der Waals surface area contributed by atoms with Gasteiger partial charge in [-0.1, -0.05) is 6.07 Å². The van der Waals surface area contributed by atoms with Crippen molar-refractivity contribution >= 4 is 11.7 Å². The van der Waals surface area contributed by atoms with Gasteiger partial charge in [0.1, 0.15) is 5.82 Å². The fourth-order valence-corrected chi connectivity index (χ4v) is 3.91. The van der Waals surface area contributed by atoms with Crippen molar-refractivity contribution in [2.75, 3.05) is 44.2 Å². The highest BCUT2D eigenvalue weighted by Crippen LogP contribution is 2.22. The molecule has 2 aliphatic rings. The van der Waals surface area contributed by atoms with Gasteiger partial charge in [0.05, 0.1) is 0 Å². The van der Waals surface area contributed by atoms with Crippen LogP contribution in [0.5, 0.6) is 0 Å². The molecule has 0 radical (unpaired) electrons. The molecule has 2 fully saturated rings. The molecule has 2 saturated heterocycles. The topological polar surface area (TPSA) is 39.7 Å². The zero-order valence-corrected chi connectivity index (χ0v) is 15.2. The van der Waals surface area contributed by atoms with Gasteiger partial charge in [-0.3, -0.25) is 9.69 Å². The summed E-state index contributed by atoms with van der Waals surface area (Å²) in [5.41, 5.74) is 1.25. The van der Waals surface area contributed by atoms with Crippen molar-refractivity contribution in [1.29, 1.82) is 0 Å². The molecule has 132 valence electrons. The average molecular weight is 330 g/mol. The van der Waals surface area contributed by atoms with Crippen molar-refractivity contribution in [1.82, 2.24) is 14.8 Å². The molecule has 0 N–H and O–H groups in total. The molecule has 3 rings (SSSR count). The third-order valence-electron chi connectivity index (χ3n) is 5.34. The largest absolute Gasteiger partial charge is 0.354 e. The van der Waals surface area contributed by atoms with Crippen molar-refractivity contribution in [3.8, 4) is 0 Å². The Morgan fingerprint density at radius 1 is 1.25 bits per heavy atom. The molecule has 5 heteroatoms. The summed E-state index contributed by atoms with van der Waals surface area (Å²) < 4.78 is 0. The molecule has 1 unspecified atom stereocenters. The highest BCUT2D eigenvalue weighted by Gasteiger charge is 2.29. The summed E-state index contributed by atoms with van der Waals surface area (Å²) in [6.45, 7) is 12.7. The van der Waals surface area contributed by atoms with Crippen LogP contribution in [0.4, 0.5) is 5.82 Å². The van der Waals surface area contributed by atoms with Crippen molar-refractivity contribution in [3.05, 3.63) is 23.9 Å². The number of aryl methyl sites for hydroxylation is 1. The Morgan fingerprint density at radius 2 is 2.00 bits per heavy atom. The van der Waals surface area contributed by atoms with Gasteiger partial charge in [0.2, 0.25) is 5.91 Å². The Kier molecular flexibility index (Phi) is 5.39. The van der Waals surface area contributed by atoms with Gasteiger partial charge in [-0.05, 0) is 44.7 Å². The number of carbonyl (C=O) groups excluding carboxylic acids is 1. The van der Waals surface area contributed by atoms with E-state index in [1.807, 2.05) is 12.3 Å². The minimum atomic E-state index is 0.323. The maximum absolute atomic E-state index is 12.0. The second-order valence-electron chi connectivity index (χ2n) is 7.48. The first kappa shape index (κ1) is 17.2. The average Bonchev–Trinajstić information content (AvgIpc) is 2.58. The molecule has 0 aromatic carbocycles. The Labute approximate surface area is 145 Å². The van der Waals surface area contributed by atoms with Gasteiger partial charge >= 0.3 is 0 Å². The SMILES string of the molecule is Cc1cccnc1N1CCN(CC2CCC(=O)N(C(C)C)C2)CC1. The Morgan fingerprint density at radius 3 is 2.67 bits per heavy atom. The maximum atomic E-state index is 12.0. The van der Waals surface area contributed by atoms with Gasteiger partial charge in [0.15, 0.2) is 0 Å². The van der Waals surface area contributed by atoms with E-state index < -0.39 is 0 Å². The molecule has 24 heavy (non-hydrogen) atoms. The van der Waals surface area contributed by atoms with Crippen LogP contribution in [0.2, 0.25) is 0 Å². The lowest BCUT2D eigenvalue weighted by Gasteiger charge is -2.40. The molecular weight excluding hydrogens is 300 g/mol. The third kappa shape index (κ3) is 3.89. The number of piperidine rings is 1. The van der Waals surface area contributed by atoms with E-state index in [1.54, 1.807) is 0 Å². The molecule has 3 heterocycles. The van der Waals surface area contributed by atoms with Crippen LogP contribution < -0.4 is 4.90 Å². The number of nitrogens with zero attached hydrogens (tertiary/aromatic N) is 4. The van der Waals surface area contributed by atoms with Crippen LogP contribution in [-0.4, -0.2) is 66.0 Å². The van der Waals surface area contributed by atoms with Gasteiger partial charge < -0.3 is 9.80 Å². The molecule has 1 atom stereocenters. The number of aromatic nitrogens is 1. The standard InChI is InChI=1S/C19H30N4O/c1-15(2)23-14-17(6-7-18(23)24)13-21-9-11-22(12-10-21)19-16(3)5-4-8-20-19/h4-5,8,15,17H,6-7,9-14H2,1-3H3. The number of pyridine rings is 1. The first-order valence-corrected chi connectivity index (χ1v) is 9.23. The number of hydrogen-bond donors (Lipinski definition) is 0. The summed E-state index contributed by atoms with van der Waals surface area (Å²) in [4.78, 5) is 23.6. The predicted molar refractivity (Wildman–Crippen MR) is 97.2 cm³/mol. The summed E-state index contributed by atoms with van der Waals surface area (Å²) >= 11 is 0. The van der Waals surface area contributed by atoms with Gasteiger partial charge in [-0.15, -0.1) is 0 Å². The van der Waals surface area contributed by atoms with Gasteiger partial charge in [0, 0.05) is 57.9 Å². The molecule has 2 aliphatic heterocycles. The minimum absolute atomic E-state index is 0.323. The van der Waals surface area contributed by atoms with Gasteiger partial charge in [0.25, 0.3) is 0 Å². The van der Waals surface area contributed by atoms with Gasteiger partial charge in [-0.2, -0.15) is 0 Å². The Bertz CT molecular complexity index is 566. The fraction of sp³-hybridized carbons (Fsp3) is 0.684. The first-order chi connectivity index (χ1) is 11.5. The zero-order chi connectivity index (χ0) is 17.1. The van der Waals surface area contributed by atoms with E-state index in [1.165, 1.54) is 5.56 Å². The van der Waals surface area contributed by atoms with Crippen LogP contribution in [0.3, 0.4) is 0 Å². The summed E-state index contributed by atoms with van der Waals surface area (Å²) in [5.74, 6) is 2.08. The van der Waals surface area contributed by atoms with Crippen LogP contribution >= 0.6 is 0 Å². The second-order valence-corrected chi connectivity index (χ2v) is 7.48. The highest BCUT2D eigenvalue weighted by atomic mass is 16.2. The zero-order valence-electron chi connectivity index (χ0n) is 15.2. The van der Waals surface area contributed by atoms with E-state index in [0.29, 0.717) is 17.9 Å². The summed E-state index contributed by atoms with van der Waals surface area (Å²) in [6.07, 6.45) is 3.64. The molecule has 0 saturated carbocycles. The molecule has 0 bridgehead atoms. The highest BCUT2D eigenvalue weighted by molar-refractivity contribution is 5.77. The number of amides is 1.